The number of ketones is 1. The summed E-state index contributed by atoms with van der Waals surface area (Å²) in [5.41, 5.74) is 11.3. The number of rotatable bonds is 5. The number of carbonyl (C=O) groups is 3. The van der Waals surface area contributed by atoms with Crippen LogP contribution in [0.2, 0.25) is 0 Å². The number of esters is 2. The lowest BCUT2D eigenvalue weighted by atomic mass is 10.0. The van der Waals surface area contributed by atoms with Gasteiger partial charge in [-0.25, -0.2) is 9.59 Å². The van der Waals surface area contributed by atoms with Crippen molar-refractivity contribution < 1.29 is 28.3 Å². The van der Waals surface area contributed by atoms with Crippen LogP contribution >= 0.6 is 0 Å². The van der Waals surface area contributed by atoms with Gasteiger partial charge in [0.2, 0.25) is 0 Å². The number of benzene rings is 2. The Bertz CT molecular complexity index is 1020. The van der Waals surface area contributed by atoms with E-state index in [9.17, 15) is 14.4 Å². The van der Waals surface area contributed by atoms with Gasteiger partial charge in [-0.1, -0.05) is 24.3 Å². The van der Waals surface area contributed by atoms with Crippen molar-refractivity contribution in [1.29, 1.82) is 0 Å². The van der Waals surface area contributed by atoms with Crippen LogP contribution in [0.15, 0.2) is 34.7 Å². The summed E-state index contributed by atoms with van der Waals surface area (Å²) in [5, 5.41) is 1.26. The number of nitrogens with two attached hydrogens (primary N) is 2. The Labute approximate surface area is 160 Å². The lowest BCUT2D eigenvalue weighted by molar-refractivity contribution is -0.136. The molecule has 8 nitrogen and oxygen atoms in total. The van der Waals surface area contributed by atoms with Crippen molar-refractivity contribution in [3.63, 3.8) is 0 Å². The maximum atomic E-state index is 12.1. The SMILES string of the molecule is CC(=O)c1cc2c(OC(=O)[C@H](C)N)c3ccccc3c(OC(=O)[C@H](C)N)c2o1. The summed E-state index contributed by atoms with van der Waals surface area (Å²) in [6, 6.07) is 6.55. The molecule has 1 heterocycles. The van der Waals surface area contributed by atoms with Gasteiger partial charge in [0.05, 0.1) is 5.39 Å². The van der Waals surface area contributed by atoms with Crippen LogP contribution in [0, 0.1) is 0 Å². The van der Waals surface area contributed by atoms with Crippen LogP contribution in [0.1, 0.15) is 31.3 Å². The second-order valence-corrected chi connectivity index (χ2v) is 6.53. The number of carbonyl (C=O) groups excluding carboxylic acids is 3. The van der Waals surface area contributed by atoms with E-state index in [-0.39, 0.29) is 28.6 Å². The minimum absolute atomic E-state index is 0.0292. The van der Waals surface area contributed by atoms with Crippen molar-refractivity contribution in [2.24, 2.45) is 11.5 Å². The van der Waals surface area contributed by atoms with Gasteiger partial charge in [0.1, 0.15) is 17.8 Å². The van der Waals surface area contributed by atoms with E-state index in [1.54, 1.807) is 24.3 Å². The molecule has 2 atom stereocenters. The zero-order chi connectivity index (χ0) is 20.6. The van der Waals surface area contributed by atoms with Gasteiger partial charge in [-0.15, -0.1) is 0 Å². The Kier molecular flexibility index (Phi) is 5.17. The molecule has 8 heteroatoms. The topological polar surface area (TPSA) is 135 Å². The van der Waals surface area contributed by atoms with E-state index >= 15 is 0 Å². The molecule has 0 bridgehead atoms. The van der Waals surface area contributed by atoms with Crippen molar-refractivity contribution in [3.05, 3.63) is 36.1 Å². The molecule has 0 amide bonds. The van der Waals surface area contributed by atoms with E-state index in [0.717, 1.165) is 0 Å². The van der Waals surface area contributed by atoms with Crippen LogP contribution in [0.25, 0.3) is 21.7 Å². The largest absolute Gasteiger partial charge is 0.449 e. The number of hydrogen-bond donors (Lipinski definition) is 2. The monoisotopic (exact) mass is 384 g/mol. The van der Waals surface area contributed by atoms with Gasteiger partial charge in [0, 0.05) is 17.7 Å². The van der Waals surface area contributed by atoms with Gasteiger partial charge in [-0.3, -0.25) is 4.79 Å². The van der Waals surface area contributed by atoms with Gasteiger partial charge >= 0.3 is 11.9 Å². The van der Waals surface area contributed by atoms with Crippen molar-refractivity contribution in [3.8, 4) is 11.5 Å². The van der Waals surface area contributed by atoms with E-state index < -0.39 is 24.0 Å². The summed E-state index contributed by atoms with van der Waals surface area (Å²) in [7, 11) is 0. The number of Topliss-reactive ketones (excluding diaryl/α,β-unsaturated/α-hetero) is 1. The molecule has 0 aliphatic carbocycles. The third kappa shape index (κ3) is 3.47. The van der Waals surface area contributed by atoms with Gasteiger partial charge in [-0.2, -0.15) is 0 Å². The van der Waals surface area contributed by atoms with Crippen LogP contribution in [0.3, 0.4) is 0 Å². The standard InChI is InChI=1S/C20H20N2O6/c1-9(21)19(24)27-16-12-6-4-5-7-13(12)17(28-20(25)10(2)22)18-14(16)8-15(26-18)11(3)23/h4-10H,21-22H2,1-3H3/t9-,10-/m0/s1. The maximum Gasteiger partial charge on any atom is 0.328 e. The predicted molar refractivity (Wildman–Crippen MR) is 102 cm³/mol. The number of fused-ring (bicyclic) bond motifs is 2. The zero-order valence-electron chi connectivity index (χ0n) is 15.6. The smallest absolute Gasteiger partial charge is 0.328 e. The van der Waals surface area contributed by atoms with Crippen LogP contribution in [-0.2, 0) is 9.59 Å². The highest BCUT2D eigenvalue weighted by atomic mass is 16.5. The molecule has 0 spiro atoms. The fraction of sp³-hybridized carbons (Fsp3) is 0.250. The first-order valence-electron chi connectivity index (χ1n) is 8.64. The molecule has 0 unspecified atom stereocenters. The molecule has 4 N–H and O–H groups in total. The molecule has 0 saturated carbocycles. The third-order valence-corrected chi connectivity index (χ3v) is 4.10. The van der Waals surface area contributed by atoms with Gasteiger partial charge in [0.25, 0.3) is 0 Å². The molecule has 3 aromatic rings. The number of ether oxygens (including phenoxy) is 2. The summed E-state index contributed by atoms with van der Waals surface area (Å²) in [6.07, 6.45) is 0. The Morgan fingerprint density at radius 2 is 1.39 bits per heavy atom. The summed E-state index contributed by atoms with van der Waals surface area (Å²) < 4.78 is 16.6. The molecule has 1 aromatic heterocycles. The first kappa shape index (κ1) is 19.5. The van der Waals surface area contributed by atoms with Crippen LogP contribution in [0.4, 0.5) is 0 Å². The van der Waals surface area contributed by atoms with Crippen LogP contribution in [0.5, 0.6) is 11.5 Å². The molecule has 3 rings (SSSR count). The lowest BCUT2D eigenvalue weighted by Crippen LogP contribution is -2.31. The normalized spacial score (nSPS) is 13.3. The molecule has 146 valence electrons. The fourth-order valence-electron chi connectivity index (χ4n) is 2.65. The molecule has 2 aromatic carbocycles. The highest BCUT2D eigenvalue weighted by molar-refractivity contribution is 6.12. The summed E-state index contributed by atoms with van der Waals surface area (Å²) in [6.45, 7) is 4.32. The van der Waals surface area contributed by atoms with Crippen LogP contribution in [-0.4, -0.2) is 29.8 Å². The average molecular weight is 384 g/mol. The third-order valence-electron chi connectivity index (χ3n) is 4.10. The molecule has 0 aliphatic rings. The number of hydrogen-bond acceptors (Lipinski definition) is 8. The van der Waals surface area contributed by atoms with E-state index in [1.807, 2.05) is 0 Å². The lowest BCUT2D eigenvalue weighted by Gasteiger charge is -2.14. The second kappa shape index (κ2) is 7.41. The summed E-state index contributed by atoms with van der Waals surface area (Å²) in [5.74, 6) is -1.37. The molecule has 0 fully saturated rings. The molecular weight excluding hydrogens is 364 g/mol. The summed E-state index contributed by atoms with van der Waals surface area (Å²) in [4.78, 5) is 36.1. The van der Waals surface area contributed by atoms with Crippen molar-refractivity contribution in [2.75, 3.05) is 0 Å². The van der Waals surface area contributed by atoms with Gasteiger partial charge in [0.15, 0.2) is 22.9 Å². The van der Waals surface area contributed by atoms with Crippen molar-refractivity contribution in [2.45, 2.75) is 32.9 Å². The molecule has 0 radical (unpaired) electrons. The molecule has 0 aliphatic heterocycles. The Balaban J connectivity index is 2.37. The first-order valence-corrected chi connectivity index (χ1v) is 8.64. The van der Waals surface area contributed by atoms with Crippen LogP contribution < -0.4 is 20.9 Å². The Hall–Kier alpha value is -3.23. The predicted octanol–water partition coefficient (Wildman–Crippen LogP) is 2.29. The van der Waals surface area contributed by atoms with Gasteiger partial charge < -0.3 is 25.4 Å². The first-order chi connectivity index (χ1) is 13.2. The molecular formula is C20H20N2O6. The Morgan fingerprint density at radius 1 is 0.893 bits per heavy atom. The second-order valence-electron chi connectivity index (χ2n) is 6.53. The maximum absolute atomic E-state index is 12.1. The van der Waals surface area contributed by atoms with E-state index in [2.05, 4.69) is 0 Å². The quantitative estimate of drug-likeness (QED) is 0.389. The highest BCUT2D eigenvalue weighted by Crippen LogP contribution is 2.44. The van der Waals surface area contributed by atoms with E-state index in [0.29, 0.717) is 16.2 Å². The minimum Gasteiger partial charge on any atom is -0.449 e. The molecule has 28 heavy (non-hydrogen) atoms. The molecule has 0 saturated heterocycles. The van der Waals surface area contributed by atoms with Gasteiger partial charge in [-0.05, 0) is 19.9 Å². The minimum atomic E-state index is -0.869. The van der Waals surface area contributed by atoms with E-state index in [4.69, 9.17) is 25.4 Å². The average Bonchev–Trinajstić information content (AvgIpc) is 3.09. The van der Waals surface area contributed by atoms with Crippen molar-refractivity contribution in [1.82, 2.24) is 0 Å². The highest BCUT2D eigenvalue weighted by Gasteiger charge is 2.26. The van der Waals surface area contributed by atoms with Crippen molar-refractivity contribution >= 4 is 39.5 Å². The zero-order valence-corrected chi connectivity index (χ0v) is 15.6. The summed E-state index contributed by atoms with van der Waals surface area (Å²) >= 11 is 0. The van der Waals surface area contributed by atoms with E-state index in [1.165, 1.54) is 26.8 Å². The number of furan rings is 1. The Morgan fingerprint density at radius 3 is 1.89 bits per heavy atom. The fourth-order valence-corrected chi connectivity index (χ4v) is 2.65.